The number of nitrogens with one attached hydrogen (secondary N) is 1. The molecule has 2 atom stereocenters. The first-order chi connectivity index (χ1) is 11.7. The van der Waals surface area contributed by atoms with Crippen LogP contribution in [-0.4, -0.2) is 25.3 Å². The van der Waals surface area contributed by atoms with E-state index in [-0.39, 0.29) is 6.10 Å². The summed E-state index contributed by atoms with van der Waals surface area (Å²) >= 11 is 1.72. The van der Waals surface area contributed by atoms with Gasteiger partial charge in [0.05, 0.1) is 12.6 Å². The number of thioether (sulfide) groups is 1. The highest BCUT2D eigenvalue weighted by Gasteiger charge is 2.20. The first-order valence-corrected chi connectivity index (χ1v) is 9.93. The van der Waals surface area contributed by atoms with Crippen molar-refractivity contribution < 1.29 is 9.57 Å². The fourth-order valence-electron chi connectivity index (χ4n) is 2.83. The van der Waals surface area contributed by atoms with Gasteiger partial charge in [-0.2, -0.15) is 5.90 Å². The summed E-state index contributed by atoms with van der Waals surface area (Å²) in [6, 6.07) is 0.316. The summed E-state index contributed by atoms with van der Waals surface area (Å²) in [6.45, 7) is 9.85. The van der Waals surface area contributed by atoms with Gasteiger partial charge >= 0.3 is 0 Å². The average molecular weight is 355 g/mol. The van der Waals surface area contributed by atoms with Crippen LogP contribution in [0.4, 0.5) is 0 Å². The summed E-state index contributed by atoms with van der Waals surface area (Å²) in [4.78, 5) is 7.52. The Morgan fingerprint density at radius 1 is 1.33 bits per heavy atom. The topological polar surface area (TPSA) is 56.5 Å². The first-order valence-electron chi connectivity index (χ1n) is 9.12. The summed E-state index contributed by atoms with van der Waals surface area (Å²) < 4.78 is 5.88. The normalized spacial score (nSPS) is 18.0. The van der Waals surface area contributed by atoms with E-state index in [1.807, 2.05) is 6.92 Å². The minimum Gasteiger partial charge on any atom is -0.414 e. The van der Waals surface area contributed by atoms with E-state index in [1.165, 1.54) is 4.91 Å². The van der Waals surface area contributed by atoms with E-state index >= 15 is 0 Å². The van der Waals surface area contributed by atoms with E-state index < -0.39 is 0 Å². The molecular formula is C19H34N2O2S. The van der Waals surface area contributed by atoms with Gasteiger partial charge in [0.25, 0.3) is 0 Å². The fraction of sp³-hybridized carbons (Fsp3) is 0.684. The van der Waals surface area contributed by atoms with Crippen LogP contribution in [0.2, 0.25) is 0 Å². The standard InChI is InChI=1S/C19H34N2O2S/c1-5-11-17(18(6-2)22-7-3)21-14-19(23-20)15(4)24-16-12-9-8-10-13-16/h9,12-13,17-18,21H,5-8,10-11,14,20H2,1-4H3/b19-15+/t17?,18-/m0/s1. The van der Waals surface area contributed by atoms with Crippen molar-refractivity contribution in [3.63, 3.8) is 0 Å². The van der Waals surface area contributed by atoms with Crippen molar-refractivity contribution in [1.29, 1.82) is 0 Å². The minimum absolute atomic E-state index is 0.228. The highest BCUT2D eigenvalue weighted by atomic mass is 32.2. The molecule has 0 amide bonds. The SMILES string of the molecule is CCCC(NC/C(ON)=C(/C)SC1=CCCC=C1)[C@H](CC)OCC. The van der Waals surface area contributed by atoms with Crippen LogP contribution in [0.1, 0.15) is 59.8 Å². The maximum absolute atomic E-state index is 5.88. The van der Waals surface area contributed by atoms with E-state index in [2.05, 4.69) is 44.3 Å². The summed E-state index contributed by atoms with van der Waals surface area (Å²) in [6.07, 6.45) is 12.3. The lowest BCUT2D eigenvalue weighted by atomic mass is 10.0. The molecule has 0 radical (unpaired) electrons. The number of rotatable bonds is 12. The zero-order valence-corrected chi connectivity index (χ0v) is 16.5. The van der Waals surface area contributed by atoms with Crippen molar-refractivity contribution >= 4 is 11.8 Å². The number of hydrogen-bond acceptors (Lipinski definition) is 5. The van der Waals surface area contributed by atoms with Gasteiger partial charge in [0, 0.05) is 22.5 Å². The molecular weight excluding hydrogens is 320 g/mol. The van der Waals surface area contributed by atoms with Crippen molar-refractivity contribution in [2.24, 2.45) is 5.90 Å². The van der Waals surface area contributed by atoms with Crippen LogP contribution in [0.3, 0.4) is 0 Å². The molecule has 0 aromatic carbocycles. The lowest BCUT2D eigenvalue weighted by molar-refractivity contribution is 0.0289. The van der Waals surface area contributed by atoms with E-state index in [1.54, 1.807) is 11.8 Å². The molecule has 5 heteroatoms. The van der Waals surface area contributed by atoms with Gasteiger partial charge in [-0.05, 0) is 39.5 Å². The first kappa shape index (κ1) is 21.3. The van der Waals surface area contributed by atoms with Crippen molar-refractivity contribution in [2.45, 2.75) is 71.9 Å². The van der Waals surface area contributed by atoms with Crippen LogP contribution in [0, 0.1) is 0 Å². The Hall–Kier alpha value is -0.750. The van der Waals surface area contributed by atoms with Gasteiger partial charge in [-0.3, -0.25) is 0 Å². The Bertz CT molecular complexity index is 447. The molecule has 0 spiro atoms. The lowest BCUT2D eigenvalue weighted by Crippen LogP contribution is -2.42. The third kappa shape index (κ3) is 7.43. The molecule has 0 bridgehead atoms. The van der Waals surface area contributed by atoms with Crippen LogP contribution < -0.4 is 11.2 Å². The zero-order valence-electron chi connectivity index (χ0n) is 15.6. The lowest BCUT2D eigenvalue weighted by Gasteiger charge is -2.27. The molecule has 3 N–H and O–H groups in total. The summed E-state index contributed by atoms with van der Waals surface area (Å²) in [5, 5.41) is 3.59. The summed E-state index contributed by atoms with van der Waals surface area (Å²) in [7, 11) is 0. The van der Waals surface area contributed by atoms with Crippen LogP contribution in [-0.2, 0) is 9.57 Å². The molecule has 24 heavy (non-hydrogen) atoms. The molecule has 0 saturated carbocycles. The van der Waals surface area contributed by atoms with E-state index in [9.17, 15) is 0 Å². The number of hydrogen-bond donors (Lipinski definition) is 2. The third-order valence-corrected chi connectivity index (χ3v) is 5.20. The van der Waals surface area contributed by atoms with Crippen LogP contribution in [0.15, 0.2) is 33.8 Å². The van der Waals surface area contributed by atoms with E-state index in [0.717, 1.165) is 49.4 Å². The molecule has 0 aliphatic heterocycles. The molecule has 0 heterocycles. The van der Waals surface area contributed by atoms with Gasteiger partial charge in [-0.15, -0.1) is 0 Å². The van der Waals surface area contributed by atoms with Crippen molar-refractivity contribution in [2.75, 3.05) is 13.2 Å². The van der Waals surface area contributed by atoms with Gasteiger partial charge in [0.15, 0.2) is 0 Å². The Labute approximate surface area is 151 Å². The van der Waals surface area contributed by atoms with Gasteiger partial charge in [-0.1, -0.05) is 50.3 Å². The quantitative estimate of drug-likeness (QED) is 0.395. The average Bonchev–Trinajstić information content (AvgIpc) is 2.60. The molecule has 0 fully saturated rings. The second-order valence-electron chi connectivity index (χ2n) is 5.96. The predicted octanol–water partition coefficient (Wildman–Crippen LogP) is 4.65. The fourth-order valence-corrected chi connectivity index (χ4v) is 3.79. The molecule has 138 valence electrons. The molecule has 1 rings (SSSR count). The van der Waals surface area contributed by atoms with Crippen LogP contribution in [0.25, 0.3) is 0 Å². The molecule has 1 unspecified atom stereocenters. The largest absolute Gasteiger partial charge is 0.414 e. The number of allylic oxidation sites excluding steroid dienone is 4. The minimum atomic E-state index is 0.228. The van der Waals surface area contributed by atoms with Crippen molar-refractivity contribution in [3.8, 4) is 0 Å². The second-order valence-corrected chi connectivity index (χ2v) is 7.25. The van der Waals surface area contributed by atoms with Gasteiger partial charge in [0.2, 0.25) is 0 Å². The molecule has 1 aliphatic carbocycles. The molecule has 0 saturated heterocycles. The Kier molecular flexibility index (Phi) is 11.2. The summed E-state index contributed by atoms with van der Waals surface area (Å²) in [5.41, 5.74) is 0. The summed E-state index contributed by atoms with van der Waals surface area (Å²) in [5.74, 6) is 6.32. The van der Waals surface area contributed by atoms with E-state index in [0.29, 0.717) is 12.6 Å². The van der Waals surface area contributed by atoms with Gasteiger partial charge in [0.1, 0.15) is 5.76 Å². The molecule has 1 aliphatic rings. The Balaban J connectivity index is 2.68. The molecule has 0 aromatic heterocycles. The van der Waals surface area contributed by atoms with Crippen LogP contribution in [0.5, 0.6) is 0 Å². The van der Waals surface area contributed by atoms with Crippen LogP contribution >= 0.6 is 11.8 Å². The maximum Gasteiger partial charge on any atom is 0.147 e. The third-order valence-electron chi connectivity index (χ3n) is 4.12. The second kappa shape index (κ2) is 12.6. The van der Waals surface area contributed by atoms with Gasteiger partial charge < -0.3 is 14.9 Å². The number of ether oxygens (including phenoxy) is 1. The van der Waals surface area contributed by atoms with Gasteiger partial charge in [-0.25, -0.2) is 0 Å². The zero-order chi connectivity index (χ0) is 17.8. The van der Waals surface area contributed by atoms with Crippen molar-refractivity contribution in [3.05, 3.63) is 33.8 Å². The molecule has 4 nitrogen and oxygen atoms in total. The van der Waals surface area contributed by atoms with Crippen molar-refractivity contribution in [1.82, 2.24) is 5.32 Å². The number of nitrogens with two attached hydrogens (primary N) is 1. The highest BCUT2D eigenvalue weighted by molar-refractivity contribution is 8.06. The monoisotopic (exact) mass is 354 g/mol. The smallest absolute Gasteiger partial charge is 0.147 e. The Morgan fingerprint density at radius 3 is 2.67 bits per heavy atom. The molecule has 0 aromatic rings. The highest BCUT2D eigenvalue weighted by Crippen LogP contribution is 2.30. The maximum atomic E-state index is 5.88. The predicted molar refractivity (Wildman–Crippen MR) is 104 cm³/mol. The Morgan fingerprint density at radius 2 is 2.12 bits per heavy atom. The van der Waals surface area contributed by atoms with E-state index in [4.69, 9.17) is 15.5 Å².